The fourth-order valence-electron chi connectivity index (χ4n) is 1.71. The van der Waals surface area contributed by atoms with E-state index in [4.69, 9.17) is 0 Å². The average molecular weight is 196 g/mol. The zero-order valence-corrected chi connectivity index (χ0v) is 8.75. The first-order valence-electron chi connectivity index (χ1n) is 4.52. The van der Waals surface area contributed by atoms with E-state index in [1.165, 1.54) is 10.5 Å². The van der Waals surface area contributed by atoms with E-state index < -0.39 is 0 Å². The second-order valence-electron chi connectivity index (χ2n) is 4.12. The van der Waals surface area contributed by atoms with E-state index in [9.17, 15) is 4.39 Å². The Kier molecular flexibility index (Phi) is 2.11. The van der Waals surface area contributed by atoms with Crippen LogP contribution in [0.5, 0.6) is 0 Å². The molecule has 0 amide bonds. The lowest BCUT2D eigenvalue weighted by atomic mass is 9.82. The fourth-order valence-corrected chi connectivity index (χ4v) is 3.20. The van der Waals surface area contributed by atoms with Crippen LogP contribution in [0.25, 0.3) is 0 Å². The number of fused-ring (bicyclic) bond motifs is 1. The maximum absolute atomic E-state index is 13.0. The van der Waals surface area contributed by atoms with Crippen LogP contribution in [0.2, 0.25) is 0 Å². The lowest BCUT2D eigenvalue weighted by Gasteiger charge is -2.31. The Hall–Kier alpha value is -0.500. The molecule has 1 heterocycles. The quantitative estimate of drug-likeness (QED) is 0.611. The Bertz CT molecular complexity index is 331. The first kappa shape index (κ1) is 9.07. The molecule has 0 aliphatic carbocycles. The minimum atomic E-state index is -0.116. The Morgan fingerprint density at radius 2 is 2.15 bits per heavy atom. The van der Waals surface area contributed by atoms with E-state index in [2.05, 4.69) is 13.8 Å². The highest BCUT2D eigenvalue weighted by atomic mass is 32.2. The zero-order chi connectivity index (χ0) is 9.47. The van der Waals surface area contributed by atoms with Crippen molar-refractivity contribution in [2.45, 2.75) is 30.6 Å². The Morgan fingerprint density at radius 1 is 1.38 bits per heavy atom. The molecule has 2 rings (SSSR count). The van der Waals surface area contributed by atoms with Crippen molar-refractivity contribution in [3.8, 4) is 0 Å². The molecule has 0 spiro atoms. The van der Waals surface area contributed by atoms with Crippen LogP contribution in [0.15, 0.2) is 23.1 Å². The van der Waals surface area contributed by atoms with Crippen LogP contribution in [-0.4, -0.2) is 5.75 Å². The molecule has 0 saturated heterocycles. The fraction of sp³-hybridized carbons (Fsp3) is 0.455. The summed E-state index contributed by atoms with van der Waals surface area (Å²) in [6.45, 7) is 4.37. The summed E-state index contributed by atoms with van der Waals surface area (Å²) >= 11 is 1.83. The standard InChI is InChI=1S/C11H13FS/c1-11(2)5-6-13-10-4-3-8(12)7-9(10)11/h3-4,7H,5-6H2,1-2H3. The summed E-state index contributed by atoms with van der Waals surface area (Å²) in [4.78, 5) is 1.25. The van der Waals surface area contributed by atoms with Crippen LogP contribution < -0.4 is 0 Å². The van der Waals surface area contributed by atoms with Gasteiger partial charge in [-0.15, -0.1) is 11.8 Å². The molecule has 0 unspecified atom stereocenters. The molecule has 2 heteroatoms. The highest BCUT2D eigenvalue weighted by molar-refractivity contribution is 7.99. The van der Waals surface area contributed by atoms with Gasteiger partial charge in [0.05, 0.1) is 0 Å². The molecular formula is C11H13FS. The Labute approximate surface area is 82.5 Å². The summed E-state index contributed by atoms with van der Waals surface area (Å²) in [6.07, 6.45) is 1.13. The minimum Gasteiger partial charge on any atom is -0.207 e. The molecule has 0 saturated carbocycles. The monoisotopic (exact) mass is 196 g/mol. The van der Waals surface area contributed by atoms with Crippen molar-refractivity contribution in [1.82, 2.24) is 0 Å². The lowest BCUT2D eigenvalue weighted by Crippen LogP contribution is -2.22. The summed E-state index contributed by atoms with van der Waals surface area (Å²) in [6, 6.07) is 5.13. The van der Waals surface area contributed by atoms with Gasteiger partial charge in [0.25, 0.3) is 0 Å². The topological polar surface area (TPSA) is 0 Å². The van der Waals surface area contributed by atoms with Gasteiger partial charge in [-0.05, 0) is 41.4 Å². The number of hydrogen-bond donors (Lipinski definition) is 0. The Morgan fingerprint density at radius 3 is 2.92 bits per heavy atom. The maximum atomic E-state index is 13.0. The summed E-state index contributed by atoms with van der Waals surface area (Å²) in [5.41, 5.74) is 1.31. The third-order valence-electron chi connectivity index (χ3n) is 2.66. The summed E-state index contributed by atoms with van der Waals surface area (Å²) in [5.74, 6) is 1.03. The van der Waals surface area contributed by atoms with Crippen molar-refractivity contribution < 1.29 is 4.39 Å². The number of halogens is 1. The molecule has 0 N–H and O–H groups in total. The van der Waals surface area contributed by atoms with Gasteiger partial charge in [-0.25, -0.2) is 4.39 Å². The molecule has 0 aromatic heterocycles. The van der Waals surface area contributed by atoms with Gasteiger partial charge in [-0.2, -0.15) is 0 Å². The van der Waals surface area contributed by atoms with Crippen LogP contribution in [0, 0.1) is 5.82 Å². The highest BCUT2D eigenvalue weighted by Gasteiger charge is 2.27. The van der Waals surface area contributed by atoms with Gasteiger partial charge in [0.1, 0.15) is 5.82 Å². The van der Waals surface area contributed by atoms with E-state index >= 15 is 0 Å². The van der Waals surface area contributed by atoms with Crippen molar-refractivity contribution in [2.24, 2.45) is 0 Å². The number of benzene rings is 1. The molecule has 13 heavy (non-hydrogen) atoms. The smallest absolute Gasteiger partial charge is 0.123 e. The average Bonchev–Trinajstić information content (AvgIpc) is 2.06. The normalized spacial score (nSPS) is 19.6. The van der Waals surface area contributed by atoms with Gasteiger partial charge in [-0.3, -0.25) is 0 Å². The van der Waals surface area contributed by atoms with Gasteiger partial charge in [0, 0.05) is 4.90 Å². The SMILES string of the molecule is CC1(C)CCSc2ccc(F)cc21. The van der Waals surface area contributed by atoms with Crippen molar-refractivity contribution >= 4 is 11.8 Å². The lowest BCUT2D eigenvalue weighted by molar-refractivity contribution is 0.487. The van der Waals surface area contributed by atoms with Crippen molar-refractivity contribution in [3.63, 3.8) is 0 Å². The van der Waals surface area contributed by atoms with E-state index in [1.54, 1.807) is 12.1 Å². The summed E-state index contributed by atoms with van der Waals surface area (Å²) in [5, 5.41) is 0. The maximum Gasteiger partial charge on any atom is 0.123 e. The second-order valence-corrected chi connectivity index (χ2v) is 5.26. The third kappa shape index (κ3) is 1.60. The van der Waals surface area contributed by atoms with Crippen LogP contribution in [0.3, 0.4) is 0 Å². The molecule has 0 bridgehead atoms. The molecule has 0 radical (unpaired) electrons. The van der Waals surface area contributed by atoms with Crippen LogP contribution in [-0.2, 0) is 5.41 Å². The van der Waals surface area contributed by atoms with E-state index in [0.29, 0.717) is 0 Å². The summed E-state index contributed by atoms with van der Waals surface area (Å²) in [7, 11) is 0. The molecule has 0 atom stereocenters. The predicted molar refractivity (Wildman–Crippen MR) is 54.8 cm³/mol. The first-order valence-corrected chi connectivity index (χ1v) is 5.51. The van der Waals surface area contributed by atoms with Crippen LogP contribution >= 0.6 is 11.8 Å². The largest absolute Gasteiger partial charge is 0.207 e. The molecule has 0 nitrogen and oxygen atoms in total. The van der Waals surface area contributed by atoms with E-state index in [-0.39, 0.29) is 11.2 Å². The van der Waals surface area contributed by atoms with E-state index in [1.807, 2.05) is 17.8 Å². The van der Waals surface area contributed by atoms with Gasteiger partial charge in [0.15, 0.2) is 0 Å². The Balaban J connectivity index is 2.55. The zero-order valence-electron chi connectivity index (χ0n) is 7.93. The molecule has 1 aromatic carbocycles. The van der Waals surface area contributed by atoms with Gasteiger partial charge < -0.3 is 0 Å². The second kappa shape index (κ2) is 3.02. The first-order chi connectivity index (χ1) is 6.09. The van der Waals surface area contributed by atoms with Crippen molar-refractivity contribution in [1.29, 1.82) is 0 Å². The van der Waals surface area contributed by atoms with Gasteiger partial charge in [0.2, 0.25) is 0 Å². The molecular weight excluding hydrogens is 183 g/mol. The van der Waals surface area contributed by atoms with Gasteiger partial charge >= 0.3 is 0 Å². The third-order valence-corrected chi connectivity index (χ3v) is 3.73. The number of thioether (sulfide) groups is 1. The van der Waals surface area contributed by atoms with E-state index in [0.717, 1.165) is 12.2 Å². The minimum absolute atomic E-state index is 0.116. The molecule has 1 aliphatic heterocycles. The molecule has 1 aromatic rings. The van der Waals surface area contributed by atoms with Crippen molar-refractivity contribution in [3.05, 3.63) is 29.6 Å². The van der Waals surface area contributed by atoms with Crippen LogP contribution in [0.1, 0.15) is 25.8 Å². The molecule has 1 aliphatic rings. The van der Waals surface area contributed by atoms with Gasteiger partial charge in [-0.1, -0.05) is 13.8 Å². The summed E-state index contributed by atoms with van der Waals surface area (Å²) < 4.78 is 13.0. The predicted octanol–water partition coefficient (Wildman–Crippen LogP) is 3.60. The highest BCUT2D eigenvalue weighted by Crippen LogP contribution is 2.41. The number of hydrogen-bond acceptors (Lipinski definition) is 1. The van der Waals surface area contributed by atoms with Crippen LogP contribution in [0.4, 0.5) is 4.39 Å². The molecule has 0 fully saturated rings. The molecule has 70 valence electrons. The van der Waals surface area contributed by atoms with Crippen molar-refractivity contribution in [2.75, 3.05) is 5.75 Å². The number of rotatable bonds is 0.